The van der Waals surface area contributed by atoms with Gasteiger partial charge in [-0.3, -0.25) is 24.0 Å². The fraction of sp³-hybridized carbons (Fsp3) is 0.233. The Hall–Kier alpha value is -5.79. The zero-order valence-corrected chi connectivity index (χ0v) is 24.4. The number of esters is 5. The summed E-state index contributed by atoms with van der Waals surface area (Å²) in [6.07, 6.45) is 4.64. The maximum absolute atomic E-state index is 12.7. The van der Waals surface area contributed by atoms with Crippen molar-refractivity contribution in [2.45, 2.75) is 33.7 Å². The van der Waals surface area contributed by atoms with Gasteiger partial charge in [0, 0.05) is 46.9 Å². The van der Waals surface area contributed by atoms with Gasteiger partial charge in [0.2, 0.25) is 5.91 Å². The topological polar surface area (TPSA) is 189 Å². The van der Waals surface area contributed by atoms with Gasteiger partial charge in [-0.15, -0.1) is 0 Å². The van der Waals surface area contributed by atoms with Crippen molar-refractivity contribution in [3.63, 3.8) is 0 Å². The van der Waals surface area contributed by atoms with Gasteiger partial charge in [0.1, 0.15) is 6.61 Å². The van der Waals surface area contributed by atoms with E-state index in [1.807, 2.05) is 0 Å². The van der Waals surface area contributed by atoms with E-state index in [9.17, 15) is 38.7 Å². The van der Waals surface area contributed by atoms with Crippen molar-refractivity contribution in [1.82, 2.24) is 4.90 Å². The molecule has 2 rings (SSSR count). The molecule has 0 unspecified atom stereocenters. The summed E-state index contributed by atoms with van der Waals surface area (Å²) in [5.74, 6) is -5.92. The number of carboxylic acid groups (broad SMARTS) is 1. The van der Waals surface area contributed by atoms with Gasteiger partial charge in [0.05, 0.1) is 0 Å². The minimum absolute atomic E-state index is 0.0117. The van der Waals surface area contributed by atoms with E-state index in [2.05, 4.69) is 0 Å². The van der Waals surface area contributed by atoms with E-state index < -0.39 is 54.4 Å². The van der Waals surface area contributed by atoms with E-state index in [0.717, 1.165) is 30.9 Å². The van der Waals surface area contributed by atoms with Gasteiger partial charge in [-0.2, -0.15) is 0 Å². The van der Waals surface area contributed by atoms with Crippen molar-refractivity contribution >= 4 is 53.9 Å². The zero-order chi connectivity index (χ0) is 33.0. The average Bonchev–Trinajstić information content (AvgIpc) is 2.91. The number of amides is 1. The highest BCUT2D eigenvalue weighted by atomic mass is 16.6. The summed E-state index contributed by atoms with van der Waals surface area (Å²) in [4.78, 5) is 83.0. The van der Waals surface area contributed by atoms with Crippen molar-refractivity contribution in [1.29, 1.82) is 0 Å². The first-order valence-electron chi connectivity index (χ1n) is 12.7. The van der Waals surface area contributed by atoms with Crippen LogP contribution >= 0.6 is 0 Å². The number of likely N-dealkylation sites (N-methyl/N-ethyl adjacent to an activating group) is 1. The Bertz CT molecular complexity index is 1520. The minimum Gasteiger partial charge on any atom is -0.480 e. The minimum atomic E-state index is -1.55. The van der Waals surface area contributed by atoms with Crippen LogP contribution in [0.25, 0.3) is 12.2 Å². The first-order chi connectivity index (χ1) is 20.7. The Morgan fingerprint density at radius 3 is 1.50 bits per heavy atom. The smallest absolute Gasteiger partial charge is 0.330 e. The highest BCUT2D eigenvalue weighted by Crippen LogP contribution is 2.30. The van der Waals surface area contributed by atoms with Gasteiger partial charge in [-0.25, -0.2) is 9.59 Å². The fourth-order valence-electron chi connectivity index (χ4n) is 3.37. The highest BCUT2D eigenvalue weighted by molar-refractivity contribution is 5.94. The molecule has 14 nitrogen and oxygen atoms in total. The molecule has 1 amide bonds. The van der Waals surface area contributed by atoms with Crippen LogP contribution in [0.4, 0.5) is 0 Å². The molecule has 0 heterocycles. The lowest BCUT2D eigenvalue weighted by Crippen LogP contribution is -2.45. The number of benzene rings is 2. The monoisotopic (exact) mass is 611 g/mol. The molecule has 1 N–H and O–H groups in total. The van der Waals surface area contributed by atoms with Crippen molar-refractivity contribution in [3.8, 4) is 23.0 Å². The molecular formula is C30H29NO13. The number of aliphatic carboxylic acids is 1. The predicted molar refractivity (Wildman–Crippen MR) is 151 cm³/mol. The second-order valence-electron chi connectivity index (χ2n) is 8.89. The molecule has 0 saturated carbocycles. The van der Waals surface area contributed by atoms with Crippen LogP contribution in [0.1, 0.15) is 38.8 Å². The Labute approximate surface area is 251 Å². The van der Waals surface area contributed by atoms with Crippen LogP contribution in [0.3, 0.4) is 0 Å². The van der Waals surface area contributed by atoms with E-state index in [4.69, 9.17) is 23.7 Å². The molecule has 2 aromatic rings. The van der Waals surface area contributed by atoms with Crippen LogP contribution in [-0.4, -0.2) is 71.4 Å². The van der Waals surface area contributed by atoms with Crippen LogP contribution in [0.5, 0.6) is 23.0 Å². The number of carbonyl (C=O) groups excluding carboxylic acids is 6. The van der Waals surface area contributed by atoms with Crippen LogP contribution in [-0.2, 0) is 38.3 Å². The zero-order valence-electron chi connectivity index (χ0n) is 24.4. The maximum atomic E-state index is 12.7. The van der Waals surface area contributed by atoms with Crippen LogP contribution < -0.4 is 18.9 Å². The molecule has 44 heavy (non-hydrogen) atoms. The molecule has 0 spiro atoms. The Morgan fingerprint density at radius 1 is 0.682 bits per heavy atom. The summed E-state index contributed by atoms with van der Waals surface area (Å²) in [7, 11) is 1.20. The number of nitrogens with zero attached hydrogens (tertiary/aromatic N) is 1. The summed E-state index contributed by atoms with van der Waals surface area (Å²) >= 11 is 0. The maximum Gasteiger partial charge on any atom is 0.330 e. The van der Waals surface area contributed by atoms with E-state index in [-0.39, 0.29) is 23.0 Å². The average molecular weight is 612 g/mol. The normalized spacial score (nSPS) is 11.4. The van der Waals surface area contributed by atoms with Gasteiger partial charge in [0.15, 0.2) is 29.0 Å². The number of rotatable bonds is 12. The SMILES string of the molecule is CC(=O)Oc1ccc(C=CC(=O)OC[C@@H](C(=O)O)N(C)C(=O)C=Cc2ccc(OC(C)=O)c(OC(C)=O)c2)cc1OC(C)=O. The molecule has 232 valence electrons. The van der Waals surface area contributed by atoms with Crippen molar-refractivity contribution in [2.24, 2.45) is 0 Å². The van der Waals surface area contributed by atoms with Gasteiger partial charge >= 0.3 is 35.8 Å². The molecule has 0 aliphatic heterocycles. The van der Waals surface area contributed by atoms with Crippen molar-refractivity contribution < 1.29 is 62.4 Å². The molecule has 0 saturated heterocycles. The number of hydrogen-bond donors (Lipinski definition) is 1. The first kappa shape index (κ1) is 34.4. The molecule has 0 aromatic heterocycles. The molecule has 0 bridgehead atoms. The quantitative estimate of drug-likeness (QED) is 0.210. The van der Waals surface area contributed by atoms with Gasteiger partial charge in [-0.05, 0) is 47.5 Å². The summed E-state index contributed by atoms with van der Waals surface area (Å²) < 4.78 is 25.0. The number of carbonyl (C=O) groups is 7. The molecule has 0 fully saturated rings. The molecular weight excluding hydrogens is 582 g/mol. The van der Waals surface area contributed by atoms with Crippen LogP contribution in [0.15, 0.2) is 48.6 Å². The Balaban J connectivity index is 2.09. The summed E-state index contributed by atoms with van der Waals surface area (Å²) in [5, 5.41) is 9.62. The standard InChI is InChI=1S/C30H29NO13/c1-17(32)41-24-10-6-21(14-26(24)43-19(3)34)8-12-28(36)31(5)23(30(38)39)16-40-29(37)13-9-22-7-11-25(42-18(2)33)27(15-22)44-20(4)35/h6-15,23H,16H2,1-5H3,(H,38,39)/t23-/m0/s1. The van der Waals surface area contributed by atoms with Gasteiger partial charge < -0.3 is 33.7 Å². The summed E-state index contributed by atoms with van der Waals surface area (Å²) in [5.41, 5.74) is 0.721. The second kappa shape index (κ2) is 16.0. The van der Waals surface area contributed by atoms with E-state index in [1.54, 1.807) is 0 Å². The van der Waals surface area contributed by atoms with Gasteiger partial charge in [0.25, 0.3) is 0 Å². The Kier molecular flexibility index (Phi) is 12.5. The lowest BCUT2D eigenvalue weighted by atomic mass is 10.1. The fourth-order valence-corrected chi connectivity index (χ4v) is 3.37. The summed E-state index contributed by atoms with van der Waals surface area (Å²) in [6.45, 7) is 3.95. The molecule has 2 aromatic carbocycles. The number of hydrogen-bond acceptors (Lipinski definition) is 12. The first-order valence-corrected chi connectivity index (χ1v) is 12.7. The lowest BCUT2D eigenvalue weighted by Gasteiger charge is -2.23. The largest absolute Gasteiger partial charge is 0.480 e. The second-order valence-corrected chi connectivity index (χ2v) is 8.89. The van der Waals surface area contributed by atoms with Gasteiger partial charge in [-0.1, -0.05) is 12.1 Å². The molecule has 1 atom stereocenters. The number of ether oxygens (including phenoxy) is 5. The third-order valence-corrected chi connectivity index (χ3v) is 5.26. The third kappa shape index (κ3) is 11.2. The summed E-state index contributed by atoms with van der Waals surface area (Å²) in [6, 6.07) is 6.76. The van der Waals surface area contributed by atoms with E-state index >= 15 is 0 Å². The number of carboxylic acids is 1. The lowest BCUT2D eigenvalue weighted by molar-refractivity contribution is -0.153. The van der Waals surface area contributed by atoms with Crippen LogP contribution in [0, 0.1) is 0 Å². The van der Waals surface area contributed by atoms with Crippen molar-refractivity contribution in [3.05, 3.63) is 59.7 Å². The van der Waals surface area contributed by atoms with Crippen LogP contribution in [0.2, 0.25) is 0 Å². The Morgan fingerprint density at radius 2 is 1.09 bits per heavy atom. The van der Waals surface area contributed by atoms with E-state index in [0.29, 0.717) is 11.1 Å². The molecule has 0 radical (unpaired) electrons. The highest BCUT2D eigenvalue weighted by Gasteiger charge is 2.27. The molecule has 14 heteroatoms. The van der Waals surface area contributed by atoms with Crippen molar-refractivity contribution in [2.75, 3.05) is 13.7 Å². The van der Waals surface area contributed by atoms with E-state index in [1.165, 1.54) is 69.4 Å². The molecule has 0 aliphatic carbocycles. The molecule has 0 aliphatic rings. The predicted octanol–water partition coefficient (Wildman–Crippen LogP) is 2.57. The third-order valence-electron chi connectivity index (χ3n) is 5.26.